The maximum absolute atomic E-state index is 11.9. The van der Waals surface area contributed by atoms with E-state index in [1.165, 1.54) is 43.4 Å². The predicted molar refractivity (Wildman–Crippen MR) is 111 cm³/mol. The quantitative estimate of drug-likeness (QED) is 0.470. The molecular weight excluding hydrogens is 401 g/mol. The summed E-state index contributed by atoms with van der Waals surface area (Å²) in [6.07, 6.45) is 8.62. The number of nitrogens with one attached hydrogen (secondary N) is 3. The van der Waals surface area contributed by atoms with E-state index in [0.717, 1.165) is 38.5 Å². The van der Waals surface area contributed by atoms with Crippen molar-refractivity contribution in [1.29, 1.82) is 0 Å². The lowest BCUT2D eigenvalue weighted by molar-refractivity contribution is 0.372. The average molecular weight is 432 g/mol. The van der Waals surface area contributed by atoms with E-state index in [0.29, 0.717) is 10.8 Å². The van der Waals surface area contributed by atoms with Gasteiger partial charge in [-0.1, -0.05) is 25.3 Å². The molecule has 1 heterocycles. The number of halogens is 2. The van der Waals surface area contributed by atoms with Gasteiger partial charge >= 0.3 is 0 Å². The van der Waals surface area contributed by atoms with Gasteiger partial charge < -0.3 is 10.6 Å². The summed E-state index contributed by atoms with van der Waals surface area (Å²) >= 11 is 1.25. The Morgan fingerprint density at radius 1 is 1.00 bits per heavy atom. The van der Waals surface area contributed by atoms with E-state index in [9.17, 15) is 8.42 Å². The monoisotopic (exact) mass is 431 g/mol. The molecule has 1 aromatic heterocycles. The molecule has 1 saturated carbocycles. The van der Waals surface area contributed by atoms with Crippen molar-refractivity contribution < 1.29 is 8.42 Å². The molecule has 1 aromatic rings. The van der Waals surface area contributed by atoms with Crippen LogP contribution in [0.3, 0.4) is 0 Å². The van der Waals surface area contributed by atoms with Crippen molar-refractivity contribution in [1.82, 2.24) is 15.4 Å². The summed E-state index contributed by atoms with van der Waals surface area (Å²) in [4.78, 5) is 0. The van der Waals surface area contributed by atoms with Crippen LogP contribution in [-0.2, 0) is 10.0 Å². The van der Waals surface area contributed by atoms with Gasteiger partial charge in [0.2, 0.25) is 10.0 Å². The van der Waals surface area contributed by atoms with Crippen LogP contribution >= 0.6 is 36.2 Å². The highest BCUT2D eigenvalue weighted by Gasteiger charge is 2.13. The van der Waals surface area contributed by atoms with Gasteiger partial charge in [-0.05, 0) is 43.7 Å². The Morgan fingerprint density at radius 2 is 1.72 bits per heavy atom. The summed E-state index contributed by atoms with van der Waals surface area (Å²) in [7, 11) is -3.29. The largest absolute Gasteiger partial charge is 0.315 e. The summed E-state index contributed by atoms with van der Waals surface area (Å²) in [6, 6.07) is 4.11. The summed E-state index contributed by atoms with van der Waals surface area (Å²) in [5.41, 5.74) is 0. The Morgan fingerprint density at radius 3 is 2.40 bits per heavy atom. The molecule has 0 saturated heterocycles. The van der Waals surface area contributed by atoms with Gasteiger partial charge in [-0.25, -0.2) is 13.1 Å². The Hall–Kier alpha value is 0.110. The minimum absolute atomic E-state index is 0. The van der Waals surface area contributed by atoms with Crippen LogP contribution in [0.25, 0.3) is 0 Å². The number of unbranched alkanes of at least 4 members (excludes halogenated alkanes) is 1. The molecule has 0 spiro atoms. The summed E-state index contributed by atoms with van der Waals surface area (Å²) in [6.45, 7) is 3.45. The van der Waals surface area contributed by atoms with Gasteiger partial charge in [0.1, 0.15) is 4.21 Å². The zero-order valence-electron chi connectivity index (χ0n) is 14.5. The Kier molecular flexibility index (Phi) is 14.3. The first-order chi connectivity index (χ1) is 11.2. The highest BCUT2D eigenvalue weighted by Crippen LogP contribution is 2.17. The van der Waals surface area contributed by atoms with Crippen molar-refractivity contribution in [2.24, 2.45) is 0 Å². The number of rotatable bonds is 11. The van der Waals surface area contributed by atoms with Crippen LogP contribution in [0.1, 0.15) is 44.9 Å². The van der Waals surface area contributed by atoms with E-state index in [2.05, 4.69) is 15.4 Å². The van der Waals surface area contributed by atoms with Crippen molar-refractivity contribution in [3.05, 3.63) is 17.5 Å². The SMILES string of the molecule is Cl.Cl.O=S(=O)(NCCCCNCCNC1CCCCC1)c1cccs1. The third-order valence-electron chi connectivity index (χ3n) is 4.17. The highest BCUT2D eigenvalue weighted by molar-refractivity contribution is 7.91. The Labute approximate surface area is 168 Å². The van der Waals surface area contributed by atoms with Gasteiger partial charge in [-0.3, -0.25) is 0 Å². The van der Waals surface area contributed by atoms with Crippen LogP contribution in [0.4, 0.5) is 0 Å². The van der Waals surface area contributed by atoms with E-state index in [-0.39, 0.29) is 24.8 Å². The third-order valence-corrected chi connectivity index (χ3v) is 7.03. The molecule has 25 heavy (non-hydrogen) atoms. The van der Waals surface area contributed by atoms with Gasteiger partial charge in [-0.15, -0.1) is 36.2 Å². The van der Waals surface area contributed by atoms with Crippen LogP contribution in [0.5, 0.6) is 0 Å². The molecule has 0 radical (unpaired) electrons. The normalized spacial score (nSPS) is 15.4. The minimum atomic E-state index is -3.29. The van der Waals surface area contributed by atoms with Crippen molar-refractivity contribution >= 4 is 46.2 Å². The topological polar surface area (TPSA) is 70.2 Å². The maximum Gasteiger partial charge on any atom is 0.250 e. The van der Waals surface area contributed by atoms with E-state index < -0.39 is 10.0 Å². The van der Waals surface area contributed by atoms with E-state index in [1.54, 1.807) is 17.5 Å². The predicted octanol–water partition coefficient (Wildman–Crippen LogP) is 3.16. The second-order valence-electron chi connectivity index (χ2n) is 6.08. The smallest absolute Gasteiger partial charge is 0.250 e. The molecule has 0 amide bonds. The molecule has 2 rings (SSSR count). The second-order valence-corrected chi connectivity index (χ2v) is 9.02. The van der Waals surface area contributed by atoms with Gasteiger partial charge in [-0.2, -0.15) is 0 Å². The van der Waals surface area contributed by atoms with Gasteiger partial charge in [0, 0.05) is 25.7 Å². The van der Waals surface area contributed by atoms with Gasteiger partial charge in [0.05, 0.1) is 0 Å². The summed E-state index contributed by atoms with van der Waals surface area (Å²) < 4.78 is 26.8. The summed E-state index contributed by atoms with van der Waals surface area (Å²) in [5, 5.41) is 8.80. The zero-order valence-corrected chi connectivity index (χ0v) is 17.8. The number of hydrogen-bond acceptors (Lipinski definition) is 5. The number of thiophene rings is 1. The van der Waals surface area contributed by atoms with Crippen molar-refractivity contribution in [3.8, 4) is 0 Å². The Balaban J connectivity index is 0.00000288. The molecule has 0 aromatic carbocycles. The molecule has 148 valence electrons. The van der Waals surface area contributed by atoms with Crippen LogP contribution in [0.2, 0.25) is 0 Å². The molecular formula is C16H31Cl2N3O2S2. The minimum Gasteiger partial charge on any atom is -0.315 e. The first-order valence-corrected chi connectivity index (χ1v) is 11.0. The van der Waals surface area contributed by atoms with E-state index >= 15 is 0 Å². The van der Waals surface area contributed by atoms with Crippen LogP contribution in [0.15, 0.2) is 21.7 Å². The summed E-state index contributed by atoms with van der Waals surface area (Å²) in [5.74, 6) is 0. The van der Waals surface area contributed by atoms with Crippen molar-refractivity contribution in [2.75, 3.05) is 26.2 Å². The number of sulfonamides is 1. The fraction of sp³-hybridized carbons (Fsp3) is 0.750. The lowest BCUT2D eigenvalue weighted by atomic mass is 9.95. The molecule has 9 heteroatoms. The molecule has 1 fully saturated rings. The van der Waals surface area contributed by atoms with Crippen molar-refractivity contribution in [2.45, 2.75) is 55.2 Å². The second kappa shape index (κ2) is 14.2. The standard InChI is InChI=1S/C16H29N3O2S2.2ClH/c20-23(21,16-9-6-14-22-16)19-11-5-4-10-17-12-13-18-15-7-2-1-3-8-15;;/h6,9,14-15,17-19H,1-5,7-8,10-13H2;2*1H. The maximum atomic E-state index is 11.9. The fourth-order valence-electron chi connectivity index (χ4n) is 2.87. The molecule has 1 aliphatic rings. The molecule has 0 bridgehead atoms. The molecule has 0 atom stereocenters. The first-order valence-electron chi connectivity index (χ1n) is 8.66. The van der Waals surface area contributed by atoms with E-state index in [1.807, 2.05) is 0 Å². The molecule has 0 aliphatic heterocycles. The van der Waals surface area contributed by atoms with E-state index in [4.69, 9.17) is 0 Å². The molecule has 1 aliphatic carbocycles. The first kappa shape index (κ1) is 25.1. The molecule has 5 nitrogen and oxygen atoms in total. The van der Waals surface area contributed by atoms with Crippen LogP contribution < -0.4 is 15.4 Å². The van der Waals surface area contributed by atoms with Crippen LogP contribution in [0, 0.1) is 0 Å². The van der Waals surface area contributed by atoms with Gasteiger partial charge in [0.15, 0.2) is 0 Å². The fourth-order valence-corrected chi connectivity index (χ4v) is 4.98. The van der Waals surface area contributed by atoms with Crippen LogP contribution in [-0.4, -0.2) is 40.6 Å². The molecule has 3 N–H and O–H groups in total. The lowest BCUT2D eigenvalue weighted by Gasteiger charge is -2.22. The lowest BCUT2D eigenvalue weighted by Crippen LogP contribution is -2.36. The third kappa shape index (κ3) is 10.1. The highest BCUT2D eigenvalue weighted by atomic mass is 35.5. The molecule has 0 unspecified atom stereocenters. The van der Waals surface area contributed by atoms with Gasteiger partial charge in [0.25, 0.3) is 0 Å². The van der Waals surface area contributed by atoms with Crippen molar-refractivity contribution in [3.63, 3.8) is 0 Å². The zero-order chi connectivity index (χ0) is 16.4. The number of hydrogen-bond donors (Lipinski definition) is 3. The average Bonchev–Trinajstić information content (AvgIpc) is 3.09. The Bertz CT molecular complexity index is 521.